The molecule has 4 aromatic rings. The third-order valence-electron chi connectivity index (χ3n) is 5.13. The monoisotopic (exact) mass is 463 g/mol. The van der Waals surface area contributed by atoms with E-state index in [0.717, 1.165) is 47.1 Å². The van der Waals surface area contributed by atoms with E-state index in [4.69, 9.17) is 14.3 Å². The lowest BCUT2D eigenvalue weighted by Crippen LogP contribution is -2.40. The normalized spacial score (nSPS) is 14.1. The van der Waals surface area contributed by atoms with Crippen molar-refractivity contribution in [1.82, 2.24) is 34.8 Å². The van der Waals surface area contributed by atoms with Crippen molar-refractivity contribution in [2.24, 2.45) is 0 Å². The Morgan fingerprint density at radius 1 is 1.27 bits per heavy atom. The molecule has 0 aliphatic carbocycles. The molecule has 10 nitrogen and oxygen atoms in total. The van der Waals surface area contributed by atoms with Gasteiger partial charge >= 0.3 is 12.1 Å². The summed E-state index contributed by atoms with van der Waals surface area (Å²) in [6, 6.07) is 8.13. The number of aryl methyl sites for hydroxylation is 1. The summed E-state index contributed by atoms with van der Waals surface area (Å²) < 4.78 is 41.3. The Bertz CT molecular complexity index is 1260. The number of carboxylic acids is 1. The number of carbonyl (C=O) groups is 1. The van der Waals surface area contributed by atoms with Crippen molar-refractivity contribution >= 4 is 17.0 Å². The number of oxazole rings is 1. The highest BCUT2D eigenvalue weighted by Crippen LogP contribution is 2.23. The van der Waals surface area contributed by atoms with E-state index >= 15 is 0 Å². The van der Waals surface area contributed by atoms with Crippen LogP contribution in [0.3, 0.4) is 0 Å². The lowest BCUT2D eigenvalue weighted by atomic mass is 9.99. The van der Waals surface area contributed by atoms with Crippen molar-refractivity contribution in [3.63, 3.8) is 0 Å². The van der Waals surface area contributed by atoms with Crippen LogP contribution in [-0.2, 0) is 17.9 Å². The van der Waals surface area contributed by atoms with Crippen LogP contribution in [0.25, 0.3) is 11.0 Å². The molecule has 2 N–H and O–H groups in total. The van der Waals surface area contributed by atoms with Crippen LogP contribution in [-0.4, -0.2) is 59.9 Å². The highest BCUT2D eigenvalue weighted by atomic mass is 19.4. The van der Waals surface area contributed by atoms with Crippen LogP contribution in [0, 0.1) is 6.92 Å². The van der Waals surface area contributed by atoms with Crippen LogP contribution >= 0.6 is 0 Å². The van der Waals surface area contributed by atoms with E-state index in [-0.39, 0.29) is 0 Å². The zero-order valence-electron chi connectivity index (χ0n) is 17.5. The Morgan fingerprint density at radius 2 is 2.00 bits per heavy atom. The second-order valence-electron chi connectivity index (χ2n) is 7.46. The number of imidazole rings is 1. The molecule has 0 spiro atoms. The van der Waals surface area contributed by atoms with Crippen molar-refractivity contribution in [2.45, 2.75) is 32.1 Å². The first-order valence-corrected chi connectivity index (χ1v) is 9.96. The number of nitrogens with one attached hydrogen (secondary N) is 1. The van der Waals surface area contributed by atoms with Gasteiger partial charge in [-0.05, 0) is 19.1 Å². The minimum absolute atomic E-state index is 0.412. The van der Waals surface area contributed by atoms with Gasteiger partial charge in [-0.1, -0.05) is 17.3 Å². The highest BCUT2D eigenvalue weighted by Gasteiger charge is 2.38. The van der Waals surface area contributed by atoms with Gasteiger partial charge in [-0.3, -0.25) is 0 Å². The Hall–Kier alpha value is -3.74. The average molecular weight is 463 g/mol. The minimum atomic E-state index is -5.08. The van der Waals surface area contributed by atoms with Gasteiger partial charge in [0.15, 0.2) is 6.39 Å². The molecule has 0 unspecified atom stereocenters. The summed E-state index contributed by atoms with van der Waals surface area (Å²) in [6.45, 7) is 5.11. The maximum absolute atomic E-state index is 10.6. The molecule has 0 saturated carbocycles. The molecule has 3 aromatic heterocycles. The summed E-state index contributed by atoms with van der Waals surface area (Å²) >= 11 is 0. The number of aliphatic carboxylic acids is 1. The van der Waals surface area contributed by atoms with Crippen molar-refractivity contribution in [3.05, 3.63) is 59.8 Å². The first-order chi connectivity index (χ1) is 15.7. The number of halogens is 3. The maximum atomic E-state index is 10.6. The van der Waals surface area contributed by atoms with Gasteiger partial charge in [0.25, 0.3) is 0 Å². The van der Waals surface area contributed by atoms with Crippen LogP contribution in [0.5, 0.6) is 0 Å². The van der Waals surface area contributed by atoms with Gasteiger partial charge in [-0.2, -0.15) is 13.2 Å². The van der Waals surface area contributed by atoms with Crippen LogP contribution in [0.1, 0.15) is 28.9 Å². The lowest BCUT2D eigenvalue weighted by Gasteiger charge is -2.25. The smallest absolute Gasteiger partial charge is 0.475 e. The number of benzene rings is 1. The summed E-state index contributed by atoms with van der Waals surface area (Å²) in [5.74, 6) is -0.419. The number of alkyl halides is 3. The number of para-hydroxylation sites is 2. The van der Waals surface area contributed by atoms with E-state index < -0.39 is 12.1 Å². The topological polar surface area (TPSA) is 124 Å². The minimum Gasteiger partial charge on any atom is -0.475 e. The van der Waals surface area contributed by atoms with Gasteiger partial charge < -0.3 is 19.4 Å². The van der Waals surface area contributed by atoms with Crippen LogP contribution in [0.15, 0.2) is 41.3 Å². The van der Waals surface area contributed by atoms with E-state index in [9.17, 15) is 13.2 Å². The fourth-order valence-corrected chi connectivity index (χ4v) is 3.40. The van der Waals surface area contributed by atoms with Crippen molar-refractivity contribution in [1.29, 1.82) is 0 Å². The number of carboxylic acid groups (broad SMARTS) is 1. The molecular weight excluding hydrogens is 443 g/mol. The zero-order chi connectivity index (χ0) is 23.6. The fraction of sp³-hybridized carbons (Fsp3) is 0.350. The zero-order valence-corrected chi connectivity index (χ0v) is 17.5. The molecule has 0 radical (unpaired) electrons. The summed E-state index contributed by atoms with van der Waals surface area (Å²) in [6.07, 6.45) is -1.60. The molecule has 13 heteroatoms. The molecule has 1 saturated heterocycles. The van der Waals surface area contributed by atoms with Gasteiger partial charge in [0.1, 0.15) is 23.0 Å². The summed E-state index contributed by atoms with van der Waals surface area (Å²) in [5, 5.41) is 19.0. The molecule has 1 aromatic carbocycles. The molecule has 174 valence electrons. The largest absolute Gasteiger partial charge is 0.490 e. The van der Waals surface area contributed by atoms with Gasteiger partial charge in [-0.25, -0.2) is 19.4 Å². The molecule has 4 heterocycles. The second kappa shape index (κ2) is 9.02. The van der Waals surface area contributed by atoms with E-state index in [1.807, 2.05) is 36.0 Å². The predicted octanol–water partition coefficient (Wildman–Crippen LogP) is 2.34. The van der Waals surface area contributed by atoms with E-state index in [0.29, 0.717) is 19.0 Å². The van der Waals surface area contributed by atoms with E-state index in [1.54, 1.807) is 0 Å². The van der Waals surface area contributed by atoms with Crippen molar-refractivity contribution in [3.8, 4) is 0 Å². The third kappa shape index (κ3) is 5.03. The van der Waals surface area contributed by atoms with Gasteiger partial charge in [0, 0.05) is 19.0 Å². The Balaban J connectivity index is 0.000000325. The molecule has 5 rings (SSSR count). The molecule has 0 atom stereocenters. The van der Waals surface area contributed by atoms with Gasteiger partial charge in [-0.15, -0.1) is 5.10 Å². The third-order valence-corrected chi connectivity index (χ3v) is 5.13. The van der Waals surface area contributed by atoms with Crippen LogP contribution < -0.4 is 5.32 Å². The standard InChI is InChI=1S/C18H19N7O.C2HF3O2/c1-12-21-15-4-2-3-5-17(15)25(12)9-14-8-24(23-22-14)10-16-18(26-11-20-16)13-6-19-7-13;3-2(4,5)1(6)7/h2-5,8,11,13,19H,6-7,9-10H2,1H3;(H,6,7). The molecular formula is C20H20F3N7O3. The number of hydrogen-bond donors (Lipinski definition) is 2. The SMILES string of the molecule is Cc1nc2ccccc2n1Cc1cn(Cc2ncoc2C2CNC2)nn1.O=C(O)C(F)(F)F. The summed E-state index contributed by atoms with van der Waals surface area (Å²) in [4.78, 5) is 17.9. The Labute approximate surface area is 185 Å². The first kappa shape index (κ1) is 22.5. The van der Waals surface area contributed by atoms with Gasteiger partial charge in [0.2, 0.25) is 0 Å². The molecule has 1 aliphatic heterocycles. The molecule has 1 fully saturated rings. The first-order valence-electron chi connectivity index (χ1n) is 9.96. The van der Waals surface area contributed by atoms with Crippen LogP contribution in [0.2, 0.25) is 0 Å². The number of nitrogens with zero attached hydrogens (tertiary/aromatic N) is 6. The summed E-state index contributed by atoms with van der Waals surface area (Å²) in [5.41, 5.74) is 3.93. The number of aromatic nitrogens is 6. The molecule has 33 heavy (non-hydrogen) atoms. The quantitative estimate of drug-likeness (QED) is 0.462. The second-order valence-corrected chi connectivity index (χ2v) is 7.46. The Morgan fingerprint density at radius 3 is 2.67 bits per heavy atom. The average Bonchev–Trinajstić information content (AvgIpc) is 3.42. The Kier molecular flexibility index (Phi) is 6.14. The lowest BCUT2D eigenvalue weighted by molar-refractivity contribution is -0.192. The fourth-order valence-electron chi connectivity index (χ4n) is 3.40. The van der Waals surface area contributed by atoms with Crippen LogP contribution in [0.4, 0.5) is 13.2 Å². The number of hydrogen-bond acceptors (Lipinski definition) is 7. The number of fused-ring (bicyclic) bond motifs is 1. The van der Waals surface area contributed by atoms with E-state index in [1.165, 1.54) is 6.39 Å². The number of rotatable bonds is 5. The highest BCUT2D eigenvalue weighted by molar-refractivity contribution is 5.76. The summed E-state index contributed by atoms with van der Waals surface area (Å²) in [7, 11) is 0. The molecule has 0 bridgehead atoms. The molecule has 0 amide bonds. The van der Waals surface area contributed by atoms with Gasteiger partial charge in [0.05, 0.1) is 30.3 Å². The maximum Gasteiger partial charge on any atom is 0.490 e. The predicted molar refractivity (Wildman–Crippen MR) is 109 cm³/mol. The van der Waals surface area contributed by atoms with E-state index in [2.05, 4.69) is 36.2 Å². The van der Waals surface area contributed by atoms with Crippen molar-refractivity contribution < 1.29 is 27.5 Å². The van der Waals surface area contributed by atoms with Crippen molar-refractivity contribution in [2.75, 3.05) is 13.1 Å². The molecule has 1 aliphatic rings.